The first-order valence-corrected chi connectivity index (χ1v) is 9.15. The van der Waals surface area contributed by atoms with Gasteiger partial charge in [-0.05, 0) is 38.3 Å². The Kier molecular flexibility index (Phi) is 5.53. The van der Waals surface area contributed by atoms with Crippen molar-refractivity contribution < 1.29 is 9.72 Å². The molecule has 0 atom stereocenters. The molecule has 2 fully saturated rings. The summed E-state index contributed by atoms with van der Waals surface area (Å²) in [6.07, 6.45) is 4.66. The summed E-state index contributed by atoms with van der Waals surface area (Å²) in [7, 11) is 0. The minimum Gasteiger partial charge on any atom is -0.371 e. The van der Waals surface area contributed by atoms with Crippen LogP contribution in [0.2, 0.25) is 0 Å². The Morgan fingerprint density at radius 2 is 2.08 bits per heavy atom. The van der Waals surface area contributed by atoms with Gasteiger partial charge in [0.2, 0.25) is 0 Å². The first-order valence-electron chi connectivity index (χ1n) is 9.15. The molecular weight excluding hydrogens is 320 g/mol. The molecule has 25 heavy (non-hydrogen) atoms. The maximum absolute atomic E-state index is 12.7. The number of likely N-dealkylation sites (N-methyl/N-ethyl adjacent to an activating group) is 1. The summed E-state index contributed by atoms with van der Waals surface area (Å²) in [5.74, 6) is -0.225. The third-order valence-electron chi connectivity index (χ3n) is 5.04. The van der Waals surface area contributed by atoms with Crippen LogP contribution >= 0.6 is 0 Å². The Labute approximate surface area is 148 Å². The third kappa shape index (κ3) is 4.28. The van der Waals surface area contributed by atoms with Gasteiger partial charge in [0.05, 0.1) is 16.2 Å². The van der Waals surface area contributed by atoms with Crippen LogP contribution in [0.3, 0.4) is 0 Å². The zero-order valence-electron chi connectivity index (χ0n) is 14.7. The summed E-state index contributed by atoms with van der Waals surface area (Å²) in [5.41, 5.74) is 1.17. The summed E-state index contributed by atoms with van der Waals surface area (Å²) in [5, 5.41) is 14.0. The second-order valence-electron chi connectivity index (χ2n) is 6.77. The van der Waals surface area contributed by atoms with E-state index in [0.29, 0.717) is 18.2 Å². The van der Waals surface area contributed by atoms with Crippen molar-refractivity contribution in [3.8, 4) is 0 Å². The number of benzene rings is 1. The van der Waals surface area contributed by atoms with E-state index in [9.17, 15) is 14.9 Å². The van der Waals surface area contributed by atoms with Crippen LogP contribution in [0.15, 0.2) is 18.2 Å². The summed E-state index contributed by atoms with van der Waals surface area (Å²) in [6, 6.07) is 5.26. The van der Waals surface area contributed by atoms with Gasteiger partial charge >= 0.3 is 0 Å². The summed E-state index contributed by atoms with van der Waals surface area (Å²) < 4.78 is 0. The lowest BCUT2D eigenvalue weighted by Gasteiger charge is -2.22. The lowest BCUT2D eigenvalue weighted by atomic mass is 10.1. The monoisotopic (exact) mass is 346 g/mol. The van der Waals surface area contributed by atoms with Crippen molar-refractivity contribution in [3.05, 3.63) is 33.9 Å². The minimum absolute atomic E-state index is 0.0405. The van der Waals surface area contributed by atoms with Gasteiger partial charge in [-0.3, -0.25) is 19.8 Å². The SMILES string of the molecule is CCN(CCNC(=O)c1cc([N+](=O)[O-])ccc1N1CCCC1)C1CC1. The van der Waals surface area contributed by atoms with E-state index < -0.39 is 4.92 Å². The predicted octanol–water partition coefficient (Wildman–Crippen LogP) is 2.41. The molecule has 1 amide bonds. The molecular formula is C18H26N4O3. The largest absolute Gasteiger partial charge is 0.371 e. The Morgan fingerprint density at radius 1 is 1.36 bits per heavy atom. The number of rotatable bonds is 8. The number of hydrogen-bond donors (Lipinski definition) is 1. The lowest BCUT2D eigenvalue weighted by Crippen LogP contribution is -2.36. The highest BCUT2D eigenvalue weighted by Crippen LogP contribution is 2.28. The van der Waals surface area contributed by atoms with Gasteiger partial charge < -0.3 is 10.2 Å². The van der Waals surface area contributed by atoms with Gasteiger partial charge in [0.15, 0.2) is 0 Å². The van der Waals surface area contributed by atoms with Crippen molar-refractivity contribution in [2.45, 2.75) is 38.6 Å². The van der Waals surface area contributed by atoms with E-state index in [-0.39, 0.29) is 11.6 Å². The summed E-state index contributed by atoms with van der Waals surface area (Å²) in [6.45, 7) is 6.28. The van der Waals surface area contributed by atoms with Gasteiger partial charge in [-0.1, -0.05) is 6.92 Å². The molecule has 1 heterocycles. The minimum atomic E-state index is -0.448. The number of non-ortho nitro benzene ring substituents is 1. The van der Waals surface area contributed by atoms with E-state index in [1.165, 1.54) is 25.0 Å². The molecule has 3 rings (SSSR count). The average molecular weight is 346 g/mol. The highest BCUT2D eigenvalue weighted by Gasteiger charge is 2.27. The number of carbonyl (C=O) groups is 1. The normalized spacial score (nSPS) is 17.1. The highest BCUT2D eigenvalue weighted by molar-refractivity contribution is 6.00. The van der Waals surface area contributed by atoms with E-state index in [4.69, 9.17) is 0 Å². The van der Waals surface area contributed by atoms with Gasteiger partial charge in [0.1, 0.15) is 0 Å². The number of anilines is 1. The second-order valence-corrected chi connectivity index (χ2v) is 6.77. The molecule has 1 saturated heterocycles. The van der Waals surface area contributed by atoms with Crippen LogP contribution in [0.25, 0.3) is 0 Å². The Balaban J connectivity index is 1.70. The van der Waals surface area contributed by atoms with Crippen LogP contribution in [-0.2, 0) is 0 Å². The fraction of sp³-hybridized carbons (Fsp3) is 0.611. The van der Waals surface area contributed by atoms with Crippen LogP contribution in [0.1, 0.15) is 43.0 Å². The number of nitrogens with one attached hydrogen (secondary N) is 1. The molecule has 0 spiro atoms. The Morgan fingerprint density at radius 3 is 2.68 bits per heavy atom. The molecule has 7 heteroatoms. The fourth-order valence-electron chi connectivity index (χ4n) is 3.50. The van der Waals surface area contributed by atoms with E-state index in [1.807, 2.05) is 0 Å². The number of nitro groups is 1. The van der Waals surface area contributed by atoms with Crippen LogP contribution in [0, 0.1) is 10.1 Å². The molecule has 1 aliphatic carbocycles. The number of amides is 1. The molecule has 1 aromatic rings. The van der Waals surface area contributed by atoms with Crippen molar-refractivity contribution in [3.63, 3.8) is 0 Å². The van der Waals surface area contributed by atoms with Crippen molar-refractivity contribution in [2.75, 3.05) is 37.6 Å². The average Bonchev–Trinajstić information content (AvgIpc) is 3.31. The van der Waals surface area contributed by atoms with Crippen LogP contribution in [-0.4, -0.2) is 54.5 Å². The molecule has 0 unspecified atom stereocenters. The summed E-state index contributed by atoms with van der Waals surface area (Å²) in [4.78, 5) is 27.8. The van der Waals surface area contributed by atoms with Gasteiger partial charge in [0.25, 0.3) is 11.6 Å². The standard InChI is InChI=1S/C18H26N4O3/c1-2-20(14-5-6-14)12-9-19-18(23)16-13-15(22(24)25)7-8-17(16)21-10-3-4-11-21/h7-8,13-14H,2-6,9-12H2,1H3,(H,19,23). The van der Waals surface area contributed by atoms with E-state index in [0.717, 1.165) is 44.7 Å². The Bertz CT molecular complexity index is 639. The molecule has 136 valence electrons. The van der Waals surface area contributed by atoms with E-state index in [1.54, 1.807) is 6.07 Å². The smallest absolute Gasteiger partial charge is 0.270 e. The highest BCUT2D eigenvalue weighted by atomic mass is 16.6. The quantitative estimate of drug-likeness (QED) is 0.578. The van der Waals surface area contributed by atoms with Crippen LogP contribution < -0.4 is 10.2 Å². The first-order chi connectivity index (χ1) is 12.1. The van der Waals surface area contributed by atoms with Gasteiger partial charge in [-0.2, -0.15) is 0 Å². The molecule has 0 radical (unpaired) electrons. The molecule has 1 saturated carbocycles. The van der Waals surface area contributed by atoms with Crippen molar-refractivity contribution in [1.29, 1.82) is 0 Å². The molecule has 1 N–H and O–H groups in total. The number of nitrogens with zero attached hydrogens (tertiary/aromatic N) is 3. The lowest BCUT2D eigenvalue weighted by molar-refractivity contribution is -0.384. The summed E-state index contributed by atoms with van der Waals surface area (Å²) >= 11 is 0. The van der Waals surface area contributed by atoms with Crippen molar-refractivity contribution in [2.24, 2.45) is 0 Å². The topological polar surface area (TPSA) is 78.7 Å². The van der Waals surface area contributed by atoms with Gasteiger partial charge in [0, 0.05) is 44.4 Å². The van der Waals surface area contributed by atoms with E-state index in [2.05, 4.69) is 22.0 Å². The number of nitro benzene ring substituents is 1. The third-order valence-corrected chi connectivity index (χ3v) is 5.04. The van der Waals surface area contributed by atoms with Gasteiger partial charge in [-0.15, -0.1) is 0 Å². The predicted molar refractivity (Wildman–Crippen MR) is 97.1 cm³/mol. The maximum Gasteiger partial charge on any atom is 0.270 e. The number of hydrogen-bond acceptors (Lipinski definition) is 5. The zero-order valence-corrected chi connectivity index (χ0v) is 14.7. The van der Waals surface area contributed by atoms with Crippen LogP contribution in [0.5, 0.6) is 0 Å². The maximum atomic E-state index is 12.7. The fourth-order valence-corrected chi connectivity index (χ4v) is 3.50. The van der Waals surface area contributed by atoms with Crippen molar-refractivity contribution in [1.82, 2.24) is 10.2 Å². The van der Waals surface area contributed by atoms with Gasteiger partial charge in [-0.25, -0.2) is 0 Å². The molecule has 2 aliphatic rings. The first kappa shape index (κ1) is 17.7. The molecule has 1 aromatic carbocycles. The van der Waals surface area contributed by atoms with Crippen LogP contribution in [0.4, 0.5) is 11.4 Å². The Hall–Kier alpha value is -2.15. The zero-order chi connectivity index (χ0) is 17.8. The molecule has 1 aliphatic heterocycles. The van der Waals surface area contributed by atoms with E-state index >= 15 is 0 Å². The van der Waals surface area contributed by atoms with Crippen molar-refractivity contribution >= 4 is 17.3 Å². The molecule has 7 nitrogen and oxygen atoms in total. The molecule has 0 aromatic heterocycles. The second kappa shape index (κ2) is 7.82. The molecule has 0 bridgehead atoms. The number of carbonyl (C=O) groups excluding carboxylic acids is 1.